The quantitative estimate of drug-likeness (QED) is 0.399. The van der Waals surface area contributed by atoms with Crippen molar-refractivity contribution in [3.63, 3.8) is 0 Å². The van der Waals surface area contributed by atoms with E-state index in [-0.39, 0.29) is 0 Å². The minimum absolute atomic E-state index is 0.514. The zero-order chi connectivity index (χ0) is 14.2. The van der Waals surface area contributed by atoms with Crippen molar-refractivity contribution in [2.75, 3.05) is 6.54 Å². The third-order valence-corrected chi connectivity index (χ3v) is 2.87. The van der Waals surface area contributed by atoms with Crippen LogP contribution < -0.4 is 5.32 Å². The number of nitriles is 1. The SMILES string of the molecule is Cc1ccc(CCN=C(NC#N)c2ccccn2)cc1. The average molecular weight is 264 g/mol. The number of nitrogens with zero attached hydrogens (tertiary/aromatic N) is 3. The number of pyridine rings is 1. The van der Waals surface area contributed by atoms with E-state index in [1.54, 1.807) is 6.20 Å². The van der Waals surface area contributed by atoms with Gasteiger partial charge in [0.15, 0.2) is 12.0 Å². The van der Waals surface area contributed by atoms with Crippen LogP contribution in [0.15, 0.2) is 53.7 Å². The number of hydrogen-bond acceptors (Lipinski definition) is 3. The van der Waals surface area contributed by atoms with Gasteiger partial charge in [0.05, 0.1) is 0 Å². The maximum absolute atomic E-state index is 8.78. The van der Waals surface area contributed by atoms with E-state index in [0.717, 1.165) is 6.42 Å². The molecule has 0 aliphatic rings. The van der Waals surface area contributed by atoms with Crippen molar-refractivity contribution in [1.82, 2.24) is 10.3 Å². The molecule has 1 aromatic carbocycles. The zero-order valence-corrected chi connectivity index (χ0v) is 11.4. The summed E-state index contributed by atoms with van der Waals surface area (Å²) < 4.78 is 0. The number of aliphatic imine (C=N–C) groups is 1. The highest BCUT2D eigenvalue weighted by molar-refractivity contribution is 5.97. The molecule has 1 N–H and O–H groups in total. The van der Waals surface area contributed by atoms with E-state index in [1.165, 1.54) is 11.1 Å². The Morgan fingerprint density at radius 2 is 2.05 bits per heavy atom. The molecule has 0 unspecified atom stereocenters. The van der Waals surface area contributed by atoms with Crippen LogP contribution in [0.5, 0.6) is 0 Å². The molecule has 0 spiro atoms. The van der Waals surface area contributed by atoms with Gasteiger partial charge in [-0.25, -0.2) is 0 Å². The first kappa shape index (κ1) is 13.8. The van der Waals surface area contributed by atoms with Crippen LogP contribution in [0.25, 0.3) is 0 Å². The smallest absolute Gasteiger partial charge is 0.182 e. The second-order valence-electron chi connectivity index (χ2n) is 4.42. The van der Waals surface area contributed by atoms with Crippen molar-refractivity contribution in [3.05, 3.63) is 65.5 Å². The van der Waals surface area contributed by atoms with Crippen molar-refractivity contribution in [2.24, 2.45) is 4.99 Å². The van der Waals surface area contributed by atoms with Gasteiger partial charge in [-0.1, -0.05) is 35.9 Å². The minimum Gasteiger partial charge on any atom is -0.275 e. The summed E-state index contributed by atoms with van der Waals surface area (Å²) in [5, 5.41) is 11.4. The molecule has 1 heterocycles. The molecule has 4 heteroatoms. The Labute approximate surface area is 118 Å². The maximum Gasteiger partial charge on any atom is 0.182 e. The van der Waals surface area contributed by atoms with Crippen molar-refractivity contribution < 1.29 is 0 Å². The molecular formula is C16H16N4. The highest BCUT2D eigenvalue weighted by Gasteiger charge is 2.02. The van der Waals surface area contributed by atoms with Gasteiger partial charge < -0.3 is 0 Å². The van der Waals surface area contributed by atoms with Crippen LogP contribution in [0.2, 0.25) is 0 Å². The summed E-state index contributed by atoms with van der Waals surface area (Å²) in [5.41, 5.74) is 3.16. The second kappa shape index (κ2) is 7.05. The van der Waals surface area contributed by atoms with Crippen LogP contribution in [-0.2, 0) is 6.42 Å². The van der Waals surface area contributed by atoms with E-state index in [9.17, 15) is 0 Å². The molecule has 0 aliphatic carbocycles. The Bertz CT molecular complexity index is 609. The first-order valence-corrected chi connectivity index (χ1v) is 6.46. The number of hydrogen-bond donors (Lipinski definition) is 1. The van der Waals surface area contributed by atoms with E-state index in [4.69, 9.17) is 5.26 Å². The molecule has 2 rings (SSSR count). The summed E-state index contributed by atoms with van der Waals surface area (Å²) in [4.78, 5) is 8.61. The number of aryl methyl sites for hydroxylation is 1. The molecule has 1 aromatic heterocycles. The monoisotopic (exact) mass is 264 g/mol. The Balaban J connectivity index is 2.03. The molecule has 0 bridgehead atoms. The third-order valence-electron chi connectivity index (χ3n) is 2.87. The molecule has 4 nitrogen and oxygen atoms in total. The maximum atomic E-state index is 8.78. The Morgan fingerprint density at radius 1 is 1.25 bits per heavy atom. The lowest BCUT2D eigenvalue weighted by atomic mass is 10.1. The molecule has 0 saturated heterocycles. The molecule has 0 amide bonds. The lowest BCUT2D eigenvalue weighted by Crippen LogP contribution is -2.21. The second-order valence-corrected chi connectivity index (χ2v) is 4.42. The van der Waals surface area contributed by atoms with Crippen LogP contribution in [0, 0.1) is 18.4 Å². The van der Waals surface area contributed by atoms with Gasteiger partial charge in [0, 0.05) is 12.7 Å². The van der Waals surface area contributed by atoms with Crippen molar-refractivity contribution in [1.29, 1.82) is 5.26 Å². The van der Waals surface area contributed by atoms with Crippen LogP contribution >= 0.6 is 0 Å². The molecular weight excluding hydrogens is 248 g/mol. The van der Waals surface area contributed by atoms with Gasteiger partial charge in [0.25, 0.3) is 0 Å². The number of nitrogens with one attached hydrogen (secondary N) is 1. The highest BCUT2D eigenvalue weighted by atomic mass is 15.0. The van der Waals surface area contributed by atoms with E-state index in [1.807, 2.05) is 24.4 Å². The minimum atomic E-state index is 0.514. The lowest BCUT2D eigenvalue weighted by molar-refractivity contribution is 0.955. The summed E-state index contributed by atoms with van der Waals surface area (Å²) in [5.74, 6) is 0.514. The first-order chi connectivity index (χ1) is 9.79. The molecule has 0 aliphatic heterocycles. The number of rotatable bonds is 4. The summed E-state index contributed by atoms with van der Waals surface area (Å²) in [6, 6.07) is 13.9. The molecule has 2 aromatic rings. The Morgan fingerprint density at radius 3 is 2.70 bits per heavy atom. The van der Waals surface area contributed by atoms with E-state index >= 15 is 0 Å². The van der Waals surface area contributed by atoms with Crippen LogP contribution in [0.4, 0.5) is 0 Å². The predicted octanol–water partition coefficient (Wildman–Crippen LogP) is 2.45. The topological polar surface area (TPSA) is 61.1 Å². The van der Waals surface area contributed by atoms with Gasteiger partial charge >= 0.3 is 0 Å². The molecule has 0 saturated carbocycles. The average Bonchev–Trinajstić information content (AvgIpc) is 2.49. The fourth-order valence-electron chi connectivity index (χ4n) is 1.79. The summed E-state index contributed by atoms with van der Waals surface area (Å²) in [6.45, 7) is 2.68. The van der Waals surface area contributed by atoms with Gasteiger partial charge in [0.1, 0.15) is 5.69 Å². The van der Waals surface area contributed by atoms with E-state index < -0.39 is 0 Å². The van der Waals surface area contributed by atoms with E-state index in [2.05, 4.69) is 46.5 Å². The van der Waals surface area contributed by atoms with Crippen LogP contribution in [0.3, 0.4) is 0 Å². The van der Waals surface area contributed by atoms with Crippen molar-refractivity contribution >= 4 is 5.84 Å². The zero-order valence-electron chi connectivity index (χ0n) is 11.4. The fraction of sp³-hybridized carbons (Fsp3) is 0.188. The molecule has 0 atom stereocenters. The van der Waals surface area contributed by atoms with Gasteiger partial charge in [-0.05, 0) is 31.0 Å². The molecule has 0 fully saturated rings. The third kappa shape index (κ3) is 3.92. The number of amidine groups is 1. The van der Waals surface area contributed by atoms with Gasteiger partial charge in [-0.15, -0.1) is 0 Å². The summed E-state index contributed by atoms with van der Waals surface area (Å²) in [7, 11) is 0. The van der Waals surface area contributed by atoms with E-state index in [0.29, 0.717) is 18.1 Å². The van der Waals surface area contributed by atoms with Crippen LogP contribution in [-0.4, -0.2) is 17.4 Å². The molecule has 20 heavy (non-hydrogen) atoms. The Kier molecular flexibility index (Phi) is 4.85. The van der Waals surface area contributed by atoms with Crippen molar-refractivity contribution in [3.8, 4) is 6.19 Å². The standard InChI is InChI=1S/C16H16N4/c1-13-5-7-14(8-6-13)9-11-19-16(20-12-17)15-4-2-3-10-18-15/h2-8,10H,9,11H2,1H3,(H,19,20). The summed E-state index contributed by atoms with van der Waals surface area (Å²) >= 11 is 0. The molecule has 0 radical (unpaired) electrons. The first-order valence-electron chi connectivity index (χ1n) is 6.46. The van der Waals surface area contributed by atoms with Gasteiger partial charge in [-0.3, -0.25) is 15.3 Å². The van der Waals surface area contributed by atoms with Gasteiger partial charge in [-0.2, -0.15) is 5.26 Å². The van der Waals surface area contributed by atoms with Crippen molar-refractivity contribution in [2.45, 2.75) is 13.3 Å². The predicted molar refractivity (Wildman–Crippen MR) is 79.3 cm³/mol. The summed E-state index contributed by atoms with van der Waals surface area (Å²) in [6.07, 6.45) is 4.42. The molecule has 100 valence electrons. The highest BCUT2D eigenvalue weighted by Crippen LogP contribution is 2.04. The largest absolute Gasteiger partial charge is 0.275 e. The normalized spacial score (nSPS) is 10.9. The number of benzene rings is 1. The lowest BCUT2D eigenvalue weighted by Gasteiger charge is -2.04. The van der Waals surface area contributed by atoms with Gasteiger partial charge in [0.2, 0.25) is 0 Å². The number of aromatic nitrogens is 1. The van der Waals surface area contributed by atoms with Crippen LogP contribution in [0.1, 0.15) is 16.8 Å². The Hall–Kier alpha value is -2.67. The fourth-order valence-corrected chi connectivity index (χ4v) is 1.79.